The quantitative estimate of drug-likeness (QED) is 0.831. The minimum atomic E-state index is -0.628. The highest BCUT2D eigenvalue weighted by Crippen LogP contribution is 2.14. The van der Waals surface area contributed by atoms with Crippen LogP contribution in [-0.2, 0) is 4.79 Å². The Labute approximate surface area is 124 Å². The Morgan fingerprint density at radius 1 is 1.33 bits per heavy atom. The van der Waals surface area contributed by atoms with Crippen molar-refractivity contribution in [1.82, 2.24) is 15.2 Å². The summed E-state index contributed by atoms with van der Waals surface area (Å²) >= 11 is 0. The van der Waals surface area contributed by atoms with Crippen molar-refractivity contribution in [2.45, 2.75) is 38.8 Å². The minimum Gasteiger partial charge on any atom is -0.391 e. The number of nitrogens with one attached hydrogen (secondary N) is 1. The Balaban J connectivity index is 2.05. The average Bonchev–Trinajstić information content (AvgIpc) is 2.61. The van der Waals surface area contributed by atoms with Gasteiger partial charge in [0.05, 0.1) is 12.1 Å². The zero-order valence-corrected chi connectivity index (χ0v) is 12.4. The summed E-state index contributed by atoms with van der Waals surface area (Å²) in [6.07, 6.45) is 0.359. The number of aryl methyl sites for hydroxylation is 1. The highest BCUT2D eigenvalue weighted by atomic mass is 16.3. The maximum atomic E-state index is 12.4. The monoisotopic (exact) mass is 291 g/mol. The van der Waals surface area contributed by atoms with Gasteiger partial charge in [-0.1, -0.05) is 6.07 Å². The lowest BCUT2D eigenvalue weighted by molar-refractivity contribution is -0.120. The molecule has 0 saturated carbocycles. The number of hydrogen-bond donors (Lipinski definition) is 2. The molecule has 1 aliphatic rings. The van der Waals surface area contributed by atoms with E-state index in [1.165, 1.54) is 6.92 Å². The molecule has 2 rings (SSSR count). The first kappa shape index (κ1) is 15.4. The van der Waals surface area contributed by atoms with Crippen LogP contribution in [0.3, 0.4) is 0 Å². The van der Waals surface area contributed by atoms with E-state index in [4.69, 9.17) is 0 Å². The number of rotatable bonds is 2. The van der Waals surface area contributed by atoms with Crippen LogP contribution >= 0.6 is 0 Å². The van der Waals surface area contributed by atoms with Gasteiger partial charge in [0, 0.05) is 25.7 Å². The fraction of sp³-hybridized carbons (Fsp3) is 0.533. The van der Waals surface area contributed by atoms with Crippen molar-refractivity contribution in [3.63, 3.8) is 0 Å². The molecule has 0 spiro atoms. The number of amides is 2. The van der Waals surface area contributed by atoms with Gasteiger partial charge in [0.25, 0.3) is 5.91 Å². The Morgan fingerprint density at radius 3 is 2.71 bits per heavy atom. The summed E-state index contributed by atoms with van der Waals surface area (Å²) < 4.78 is 0. The van der Waals surface area contributed by atoms with Gasteiger partial charge in [0.1, 0.15) is 5.69 Å². The number of nitrogens with zero attached hydrogens (tertiary/aromatic N) is 2. The van der Waals surface area contributed by atoms with E-state index >= 15 is 0 Å². The topological polar surface area (TPSA) is 82.5 Å². The largest absolute Gasteiger partial charge is 0.391 e. The Kier molecular flexibility index (Phi) is 4.90. The highest BCUT2D eigenvalue weighted by molar-refractivity contribution is 5.92. The normalized spacial score (nSPS) is 22.5. The second kappa shape index (κ2) is 6.67. The fourth-order valence-electron chi connectivity index (χ4n) is 2.55. The van der Waals surface area contributed by atoms with Gasteiger partial charge in [-0.25, -0.2) is 4.98 Å². The molecule has 2 atom stereocenters. The van der Waals surface area contributed by atoms with Crippen molar-refractivity contribution in [2.24, 2.45) is 0 Å². The molecule has 0 aliphatic carbocycles. The lowest BCUT2D eigenvalue weighted by Crippen LogP contribution is -2.42. The van der Waals surface area contributed by atoms with Gasteiger partial charge in [-0.2, -0.15) is 0 Å². The number of aliphatic hydroxyl groups excluding tert-OH is 1. The maximum Gasteiger partial charge on any atom is 0.272 e. The highest BCUT2D eigenvalue weighted by Gasteiger charge is 2.28. The second-order valence-corrected chi connectivity index (χ2v) is 5.41. The summed E-state index contributed by atoms with van der Waals surface area (Å²) in [5.41, 5.74) is 1.22. The molecule has 0 radical (unpaired) electrons. The van der Waals surface area contributed by atoms with Gasteiger partial charge in [-0.05, 0) is 31.9 Å². The lowest BCUT2D eigenvalue weighted by atomic mass is 10.1. The van der Waals surface area contributed by atoms with Crippen LogP contribution in [0.4, 0.5) is 0 Å². The number of carbonyl (C=O) groups is 2. The molecular weight excluding hydrogens is 270 g/mol. The van der Waals surface area contributed by atoms with E-state index < -0.39 is 6.10 Å². The van der Waals surface area contributed by atoms with Crippen molar-refractivity contribution in [1.29, 1.82) is 0 Å². The van der Waals surface area contributed by atoms with Gasteiger partial charge in [-0.3, -0.25) is 9.59 Å². The second-order valence-electron chi connectivity index (χ2n) is 5.41. The van der Waals surface area contributed by atoms with Crippen molar-refractivity contribution in [3.05, 3.63) is 29.6 Å². The SMILES string of the molecule is CC(=O)N[C@H]1CCN(C(=O)c2cccc(C)n2)CC[C@@H]1O. The van der Waals surface area contributed by atoms with Gasteiger partial charge >= 0.3 is 0 Å². The van der Waals surface area contributed by atoms with Crippen molar-refractivity contribution in [3.8, 4) is 0 Å². The van der Waals surface area contributed by atoms with E-state index in [0.717, 1.165) is 5.69 Å². The molecular formula is C15H21N3O3. The van der Waals surface area contributed by atoms with Gasteiger partial charge in [0.15, 0.2) is 0 Å². The predicted octanol–water partition coefficient (Wildman–Crippen LogP) is 0.492. The molecule has 6 heteroatoms. The molecule has 1 fully saturated rings. The maximum absolute atomic E-state index is 12.4. The van der Waals surface area contributed by atoms with Crippen molar-refractivity contribution >= 4 is 11.8 Å². The lowest BCUT2D eigenvalue weighted by Gasteiger charge is -2.20. The summed E-state index contributed by atoms with van der Waals surface area (Å²) in [4.78, 5) is 29.5. The van der Waals surface area contributed by atoms with E-state index in [9.17, 15) is 14.7 Å². The molecule has 1 aromatic heterocycles. The summed E-state index contributed by atoms with van der Waals surface area (Å²) in [6.45, 7) is 4.23. The van der Waals surface area contributed by atoms with Crippen LogP contribution in [0.2, 0.25) is 0 Å². The Hall–Kier alpha value is -1.95. The van der Waals surface area contributed by atoms with E-state index in [2.05, 4.69) is 10.3 Å². The van der Waals surface area contributed by atoms with Crippen LogP contribution in [0.5, 0.6) is 0 Å². The van der Waals surface area contributed by atoms with Crippen molar-refractivity contribution in [2.75, 3.05) is 13.1 Å². The first-order valence-electron chi connectivity index (χ1n) is 7.15. The smallest absolute Gasteiger partial charge is 0.272 e. The zero-order chi connectivity index (χ0) is 15.4. The van der Waals surface area contributed by atoms with Crippen molar-refractivity contribution < 1.29 is 14.7 Å². The molecule has 0 aromatic carbocycles. The summed E-state index contributed by atoms with van der Waals surface area (Å²) in [7, 11) is 0. The fourth-order valence-corrected chi connectivity index (χ4v) is 2.55. The molecule has 114 valence electrons. The predicted molar refractivity (Wildman–Crippen MR) is 77.7 cm³/mol. The minimum absolute atomic E-state index is 0.130. The summed E-state index contributed by atoms with van der Waals surface area (Å²) in [5.74, 6) is -0.298. The summed E-state index contributed by atoms with van der Waals surface area (Å²) in [5, 5.41) is 12.8. The summed E-state index contributed by atoms with van der Waals surface area (Å²) in [6, 6.07) is 5.05. The van der Waals surface area contributed by atoms with Gasteiger partial charge in [-0.15, -0.1) is 0 Å². The van der Waals surface area contributed by atoms with Crippen LogP contribution in [0.15, 0.2) is 18.2 Å². The number of aromatic nitrogens is 1. The van der Waals surface area contributed by atoms with Crippen LogP contribution < -0.4 is 5.32 Å². The van der Waals surface area contributed by atoms with Crippen LogP contribution in [0, 0.1) is 6.92 Å². The van der Waals surface area contributed by atoms with E-state index in [-0.39, 0.29) is 17.9 Å². The molecule has 21 heavy (non-hydrogen) atoms. The molecule has 2 amide bonds. The van der Waals surface area contributed by atoms with Crippen LogP contribution in [0.1, 0.15) is 35.9 Å². The molecule has 2 heterocycles. The molecule has 1 aliphatic heterocycles. The number of hydrogen-bond acceptors (Lipinski definition) is 4. The zero-order valence-electron chi connectivity index (χ0n) is 12.4. The number of carbonyl (C=O) groups excluding carboxylic acids is 2. The number of pyridine rings is 1. The Morgan fingerprint density at radius 2 is 2.05 bits per heavy atom. The third kappa shape index (κ3) is 4.01. The Bertz CT molecular complexity index is 533. The molecule has 6 nitrogen and oxygen atoms in total. The van der Waals surface area contributed by atoms with Gasteiger partial charge in [0.2, 0.25) is 5.91 Å². The molecule has 1 aromatic rings. The third-order valence-electron chi connectivity index (χ3n) is 3.65. The molecule has 0 unspecified atom stereocenters. The average molecular weight is 291 g/mol. The molecule has 0 bridgehead atoms. The first-order valence-corrected chi connectivity index (χ1v) is 7.15. The van der Waals surface area contributed by atoms with Gasteiger partial charge < -0.3 is 15.3 Å². The van der Waals surface area contributed by atoms with E-state index in [1.54, 1.807) is 11.0 Å². The van der Waals surface area contributed by atoms with Crippen LogP contribution in [0.25, 0.3) is 0 Å². The van der Waals surface area contributed by atoms with E-state index in [0.29, 0.717) is 31.6 Å². The first-order chi connectivity index (χ1) is 9.97. The number of likely N-dealkylation sites (tertiary alicyclic amines) is 1. The number of aliphatic hydroxyl groups is 1. The molecule has 2 N–H and O–H groups in total. The van der Waals surface area contributed by atoms with E-state index in [1.807, 2.05) is 19.1 Å². The van der Waals surface area contributed by atoms with Crippen LogP contribution in [-0.4, -0.2) is 52.0 Å². The standard InChI is InChI=1S/C15H21N3O3/c1-10-4-3-5-13(16-10)15(21)18-8-6-12(17-11(2)19)14(20)7-9-18/h3-5,12,14,20H,6-9H2,1-2H3,(H,17,19)/t12-,14-/m0/s1. The third-order valence-corrected chi connectivity index (χ3v) is 3.65. The molecule has 1 saturated heterocycles.